The lowest BCUT2D eigenvalue weighted by Crippen LogP contribution is -2.47. The van der Waals surface area contributed by atoms with Gasteiger partial charge in [-0.1, -0.05) is 18.2 Å². The molecule has 0 radical (unpaired) electrons. The van der Waals surface area contributed by atoms with Crippen molar-refractivity contribution in [3.8, 4) is 11.5 Å². The third kappa shape index (κ3) is 6.06. The number of para-hydroxylation sites is 2. The monoisotopic (exact) mass is 537 g/mol. The van der Waals surface area contributed by atoms with Crippen LogP contribution in [-0.2, 0) is 10.0 Å². The van der Waals surface area contributed by atoms with E-state index in [1.807, 2.05) is 36.1 Å². The van der Waals surface area contributed by atoms with E-state index in [0.29, 0.717) is 36.9 Å². The molecule has 38 heavy (non-hydrogen) atoms. The van der Waals surface area contributed by atoms with E-state index in [4.69, 9.17) is 9.47 Å². The number of methoxy groups -OCH3 is 1. The van der Waals surface area contributed by atoms with Crippen LogP contribution < -0.4 is 19.1 Å². The van der Waals surface area contributed by atoms with E-state index in [2.05, 4.69) is 9.62 Å². The van der Waals surface area contributed by atoms with E-state index in [1.54, 1.807) is 49.6 Å². The Morgan fingerprint density at radius 2 is 1.71 bits per heavy atom. The number of sulfonamides is 1. The van der Waals surface area contributed by atoms with Crippen LogP contribution in [-0.4, -0.2) is 58.3 Å². The first-order valence-electron chi connectivity index (χ1n) is 13.0. The van der Waals surface area contributed by atoms with Crippen LogP contribution in [0.4, 0.5) is 11.4 Å². The van der Waals surface area contributed by atoms with Gasteiger partial charge in [0.2, 0.25) is 0 Å². The van der Waals surface area contributed by atoms with Crippen molar-refractivity contribution >= 4 is 21.4 Å². The van der Waals surface area contributed by atoms with Crippen molar-refractivity contribution in [3.63, 3.8) is 0 Å². The number of piperazine rings is 1. The van der Waals surface area contributed by atoms with Crippen molar-refractivity contribution in [1.82, 2.24) is 4.90 Å². The van der Waals surface area contributed by atoms with Gasteiger partial charge in [-0.05, 0) is 85.3 Å². The predicted octanol–water partition coefficient (Wildman–Crippen LogP) is 4.41. The summed E-state index contributed by atoms with van der Waals surface area (Å²) < 4.78 is 40.2. The molecule has 1 saturated carbocycles. The zero-order chi connectivity index (χ0) is 26.7. The maximum absolute atomic E-state index is 13.2. The van der Waals surface area contributed by atoms with Gasteiger partial charge in [0.25, 0.3) is 10.0 Å². The highest BCUT2D eigenvalue weighted by Gasteiger charge is 2.27. The molecule has 1 heterocycles. The molecule has 5 rings (SSSR count). The molecule has 1 unspecified atom stereocenters. The lowest BCUT2D eigenvalue weighted by molar-refractivity contribution is -0.00223. The first kappa shape index (κ1) is 26.3. The van der Waals surface area contributed by atoms with Gasteiger partial charge in [-0.3, -0.25) is 9.62 Å². The summed E-state index contributed by atoms with van der Waals surface area (Å²) in [6.07, 6.45) is 1.52. The molecule has 2 aliphatic rings. The Morgan fingerprint density at radius 3 is 2.39 bits per heavy atom. The Kier molecular flexibility index (Phi) is 7.78. The van der Waals surface area contributed by atoms with Crippen LogP contribution in [0, 0.1) is 12.8 Å². The molecule has 0 spiro atoms. The van der Waals surface area contributed by atoms with Crippen molar-refractivity contribution in [2.24, 2.45) is 5.92 Å². The van der Waals surface area contributed by atoms with E-state index in [9.17, 15) is 13.5 Å². The molecule has 9 heteroatoms. The van der Waals surface area contributed by atoms with Crippen LogP contribution in [0.3, 0.4) is 0 Å². The first-order chi connectivity index (χ1) is 18.3. The Labute approximate surface area is 224 Å². The van der Waals surface area contributed by atoms with Gasteiger partial charge in [-0.15, -0.1) is 0 Å². The maximum atomic E-state index is 13.2. The van der Waals surface area contributed by atoms with Gasteiger partial charge in [0.1, 0.15) is 17.7 Å². The van der Waals surface area contributed by atoms with Crippen LogP contribution in [0.5, 0.6) is 11.5 Å². The van der Waals surface area contributed by atoms with E-state index < -0.39 is 16.3 Å². The minimum absolute atomic E-state index is 0.110. The molecule has 0 aromatic heterocycles. The Hall–Kier alpha value is -3.27. The minimum Gasteiger partial charge on any atom is -0.495 e. The van der Waals surface area contributed by atoms with E-state index in [-0.39, 0.29) is 4.90 Å². The standard InChI is InChI=1S/C29H35N3O5S/c1-21-7-14-25(38(34,35)30-23-10-12-24(13-11-23)37-20-22-8-9-22)19-26(21)29(33)32-17-15-31(16-18-32)27-5-3-4-6-28(27)36-2/h3-7,10-14,19,22,29-30,33H,8-9,15-18,20H2,1-2H3. The summed E-state index contributed by atoms with van der Waals surface area (Å²) in [5.41, 5.74) is 2.91. The van der Waals surface area contributed by atoms with E-state index >= 15 is 0 Å². The molecular weight excluding hydrogens is 502 g/mol. The number of aliphatic hydroxyl groups excluding tert-OH is 1. The first-order valence-corrected chi connectivity index (χ1v) is 14.5. The average molecular weight is 538 g/mol. The summed E-state index contributed by atoms with van der Waals surface area (Å²) in [7, 11) is -2.18. The number of aliphatic hydroxyl groups is 1. The van der Waals surface area contributed by atoms with Gasteiger partial charge in [0.05, 0.1) is 24.3 Å². The third-order valence-electron chi connectivity index (χ3n) is 7.21. The van der Waals surface area contributed by atoms with Gasteiger partial charge in [0.15, 0.2) is 0 Å². The molecule has 1 aliphatic carbocycles. The third-order valence-corrected chi connectivity index (χ3v) is 8.59. The minimum atomic E-state index is -3.84. The SMILES string of the molecule is COc1ccccc1N1CCN(C(O)c2cc(S(=O)(=O)Nc3ccc(OCC4CC4)cc3)ccc2C)CC1. The smallest absolute Gasteiger partial charge is 0.261 e. The average Bonchev–Trinajstić information content (AvgIpc) is 3.77. The lowest BCUT2D eigenvalue weighted by Gasteiger charge is -2.39. The number of nitrogens with one attached hydrogen (secondary N) is 1. The number of anilines is 2. The number of ether oxygens (including phenoxy) is 2. The topological polar surface area (TPSA) is 91.3 Å². The van der Waals surface area contributed by atoms with Crippen molar-refractivity contribution in [2.45, 2.75) is 30.9 Å². The van der Waals surface area contributed by atoms with Gasteiger partial charge >= 0.3 is 0 Å². The fourth-order valence-corrected chi connectivity index (χ4v) is 5.78. The zero-order valence-corrected chi connectivity index (χ0v) is 22.7. The normalized spacial score (nSPS) is 17.2. The summed E-state index contributed by atoms with van der Waals surface area (Å²) in [5, 5.41) is 11.2. The molecule has 202 valence electrons. The number of rotatable bonds is 10. The number of aryl methyl sites for hydroxylation is 1. The Bertz CT molecular complexity index is 1350. The van der Waals surface area contributed by atoms with Crippen LogP contribution >= 0.6 is 0 Å². The van der Waals surface area contributed by atoms with Crippen molar-refractivity contribution in [1.29, 1.82) is 0 Å². The molecular formula is C29H35N3O5S. The molecule has 2 N–H and O–H groups in total. The highest BCUT2D eigenvalue weighted by molar-refractivity contribution is 7.92. The highest BCUT2D eigenvalue weighted by atomic mass is 32.2. The molecule has 0 amide bonds. The molecule has 0 bridgehead atoms. The zero-order valence-electron chi connectivity index (χ0n) is 21.8. The number of benzene rings is 3. The number of hydrogen-bond donors (Lipinski definition) is 2. The van der Waals surface area contributed by atoms with Crippen molar-refractivity contribution in [3.05, 3.63) is 77.9 Å². The van der Waals surface area contributed by atoms with Crippen molar-refractivity contribution < 1.29 is 23.0 Å². The van der Waals surface area contributed by atoms with Crippen molar-refractivity contribution in [2.75, 3.05) is 49.5 Å². The van der Waals surface area contributed by atoms with Crippen LogP contribution in [0.1, 0.15) is 30.2 Å². The molecule has 8 nitrogen and oxygen atoms in total. The summed E-state index contributed by atoms with van der Waals surface area (Å²) >= 11 is 0. The van der Waals surface area contributed by atoms with Gasteiger partial charge in [-0.25, -0.2) is 8.42 Å². The van der Waals surface area contributed by atoms with Gasteiger partial charge in [-0.2, -0.15) is 0 Å². The largest absolute Gasteiger partial charge is 0.495 e. The van der Waals surface area contributed by atoms with Gasteiger partial charge < -0.3 is 19.5 Å². The number of nitrogens with zero attached hydrogens (tertiary/aromatic N) is 2. The Morgan fingerprint density at radius 1 is 1.00 bits per heavy atom. The Balaban J connectivity index is 1.25. The second-order valence-electron chi connectivity index (χ2n) is 9.97. The van der Waals surface area contributed by atoms with E-state index in [1.165, 1.54) is 12.8 Å². The molecule has 1 saturated heterocycles. The van der Waals surface area contributed by atoms with Crippen LogP contribution in [0.15, 0.2) is 71.6 Å². The molecule has 2 fully saturated rings. The summed E-state index contributed by atoms with van der Waals surface area (Å²) in [6.45, 7) is 5.28. The maximum Gasteiger partial charge on any atom is 0.261 e. The van der Waals surface area contributed by atoms with Crippen LogP contribution in [0.25, 0.3) is 0 Å². The molecule has 1 atom stereocenters. The second kappa shape index (κ2) is 11.2. The fraction of sp³-hybridized carbons (Fsp3) is 0.379. The quantitative estimate of drug-likeness (QED) is 0.396. The molecule has 3 aromatic carbocycles. The highest BCUT2D eigenvalue weighted by Crippen LogP contribution is 2.32. The molecule has 3 aromatic rings. The van der Waals surface area contributed by atoms with Gasteiger partial charge in [0, 0.05) is 31.9 Å². The second-order valence-corrected chi connectivity index (χ2v) is 11.7. The molecule has 1 aliphatic heterocycles. The lowest BCUT2D eigenvalue weighted by atomic mass is 10.1. The van der Waals surface area contributed by atoms with Crippen LogP contribution in [0.2, 0.25) is 0 Å². The summed E-state index contributed by atoms with van der Waals surface area (Å²) in [4.78, 5) is 4.32. The summed E-state index contributed by atoms with van der Waals surface area (Å²) in [5.74, 6) is 2.20. The number of hydrogen-bond acceptors (Lipinski definition) is 7. The summed E-state index contributed by atoms with van der Waals surface area (Å²) in [6, 6.07) is 19.7. The fourth-order valence-electron chi connectivity index (χ4n) is 4.69. The predicted molar refractivity (Wildman–Crippen MR) is 148 cm³/mol. The van der Waals surface area contributed by atoms with E-state index in [0.717, 1.165) is 35.8 Å².